The van der Waals surface area contributed by atoms with Crippen molar-refractivity contribution in [1.29, 1.82) is 0 Å². The minimum atomic E-state index is 0.795. The van der Waals surface area contributed by atoms with Gasteiger partial charge in [-0.3, -0.25) is 0 Å². The molecule has 0 saturated carbocycles. The number of nitrogens with zero attached hydrogens (tertiary/aromatic N) is 8. The van der Waals surface area contributed by atoms with Crippen molar-refractivity contribution < 1.29 is 0 Å². The van der Waals surface area contributed by atoms with Crippen LogP contribution in [0.4, 0.5) is 11.9 Å². The van der Waals surface area contributed by atoms with Crippen molar-refractivity contribution in [2.24, 2.45) is 0 Å². The molecule has 144 valence electrons. The highest BCUT2D eigenvalue weighted by molar-refractivity contribution is 5.62. The van der Waals surface area contributed by atoms with Gasteiger partial charge in [-0.05, 0) is 27.1 Å². The smallest absolute Gasteiger partial charge is 0.225 e. The van der Waals surface area contributed by atoms with Crippen LogP contribution in [0.1, 0.15) is 5.69 Å². The summed E-state index contributed by atoms with van der Waals surface area (Å²) in [4.78, 5) is 27.8. The molecular weight excluding hydrogens is 340 g/mol. The van der Waals surface area contributed by atoms with Crippen molar-refractivity contribution in [3.63, 3.8) is 0 Å². The molecule has 4 rings (SSSR count). The summed E-state index contributed by atoms with van der Waals surface area (Å²) >= 11 is 0. The maximum absolute atomic E-state index is 4.80. The molecule has 0 aliphatic carbocycles. The zero-order valence-electron chi connectivity index (χ0n) is 16.5. The molecule has 4 heterocycles. The first-order valence-corrected chi connectivity index (χ1v) is 9.64. The van der Waals surface area contributed by atoms with E-state index in [-0.39, 0.29) is 0 Å². The van der Waals surface area contributed by atoms with E-state index >= 15 is 0 Å². The molecule has 2 aromatic rings. The molecule has 2 aliphatic rings. The Labute approximate surface area is 160 Å². The van der Waals surface area contributed by atoms with Gasteiger partial charge in [0.25, 0.3) is 0 Å². The SMILES string of the molecule is Cc1nc(N2CCN(C)CC2)ncc1-c1ccnc(N2CCN(C)CC2)n1. The Bertz CT molecular complexity index is 779. The third kappa shape index (κ3) is 4.01. The second-order valence-corrected chi connectivity index (χ2v) is 7.49. The summed E-state index contributed by atoms with van der Waals surface area (Å²) in [6.07, 6.45) is 3.75. The quantitative estimate of drug-likeness (QED) is 0.786. The second-order valence-electron chi connectivity index (χ2n) is 7.49. The summed E-state index contributed by atoms with van der Waals surface area (Å²) in [6.45, 7) is 10.1. The molecular formula is C19H28N8. The van der Waals surface area contributed by atoms with Crippen LogP contribution in [0.5, 0.6) is 0 Å². The van der Waals surface area contributed by atoms with Crippen LogP contribution in [-0.4, -0.2) is 96.2 Å². The topological polar surface area (TPSA) is 64.5 Å². The van der Waals surface area contributed by atoms with Crippen LogP contribution >= 0.6 is 0 Å². The van der Waals surface area contributed by atoms with Crippen molar-refractivity contribution in [3.05, 3.63) is 24.2 Å². The van der Waals surface area contributed by atoms with Crippen LogP contribution in [-0.2, 0) is 0 Å². The van der Waals surface area contributed by atoms with E-state index in [0.717, 1.165) is 81.2 Å². The van der Waals surface area contributed by atoms with E-state index in [0.29, 0.717) is 0 Å². The number of aromatic nitrogens is 4. The van der Waals surface area contributed by atoms with E-state index in [1.165, 1.54) is 0 Å². The Balaban J connectivity index is 1.54. The highest BCUT2D eigenvalue weighted by Crippen LogP contribution is 2.23. The average Bonchev–Trinajstić information content (AvgIpc) is 2.69. The van der Waals surface area contributed by atoms with Gasteiger partial charge in [0.15, 0.2) is 0 Å². The summed E-state index contributed by atoms with van der Waals surface area (Å²) < 4.78 is 0. The summed E-state index contributed by atoms with van der Waals surface area (Å²) in [5, 5.41) is 0. The van der Waals surface area contributed by atoms with Crippen molar-refractivity contribution in [2.75, 3.05) is 76.3 Å². The molecule has 0 atom stereocenters. The fourth-order valence-corrected chi connectivity index (χ4v) is 3.52. The van der Waals surface area contributed by atoms with E-state index in [4.69, 9.17) is 9.97 Å². The largest absolute Gasteiger partial charge is 0.338 e. The van der Waals surface area contributed by atoms with Crippen molar-refractivity contribution in [3.8, 4) is 11.3 Å². The molecule has 2 aromatic heterocycles. The predicted octanol–water partition coefficient (Wildman–Crippen LogP) is 0.746. The first-order valence-electron chi connectivity index (χ1n) is 9.64. The van der Waals surface area contributed by atoms with E-state index in [1.54, 1.807) is 0 Å². The first-order chi connectivity index (χ1) is 13.1. The molecule has 2 saturated heterocycles. The van der Waals surface area contributed by atoms with Crippen LogP contribution in [0.25, 0.3) is 11.3 Å². The van der Waals surface area contributed by atoms with Crippen molar-refractivity contribution >= 4 is 11.9 Å². The minimum Gasteiger partial charge on any atom is -0.338 e. The lowest BCUT2D eigenvalue weighted by molar-refractivity contribution is 0.311. The average molecular weight is 368 g/mol. The second kappa shape index (κ2) is 7.74. The van der Waals surface area contributed by atoms with Crippen LogP contribution < -0.4 is 9.80 Å². The molecule has 2 aliphatic heterocycles. The van der Waals surface area contributed by atoms with Gasteiger partial charge in [-0.25, -0.2) is 19.9 Å². The number of likely N-dealkylation sites (N-methyl/N-ethyl adjacent to an activating group) is 2. The molecule has 0 unspecified atom stereocenters. The van der Waals surface area contributed by atoms with Gasteiger partial charge in [0.1, 0.15) is 0 Å². The predicted molar refractivity (Wildman–Crippen MR) is 107 cm³/mol. The van der Waals surface area contributed by atoms with Gasteiger partial charge in [-0.2, -0.15) is 0 Å². The van der Waals surface area contributed by atoms with Gasteiger partial charge in [0, 0.05) is 70.3 Å². The number of hydrogen-bond acceptors (Lipinski definition) is 8. The fraction of sp³-hybridized carbons (Fsp3) is 0.579. The van der Waals surface area contributed by atoms with Crippen molar-refractivity contribution in [1.82, 2.24) is 29.7 Å². The van der Waals surface area contributed by atoms with Gasteiger partial charge in [0.2, 0.25) is 11.9 Å². The normalized spacial score (nSPS) is 19.5. The standard InChI is InChI=1S/C19H28N8/c1-15-16(14-21-19(22-15)27-12-8-25(3)9-13-27)17-4-5-20-18(23-17)26-10-6-24(2)7-11-26/h4-5,14H,6-13H2,1-3H3. The lowest BCUT2D eigenvalue weighted by atomic mass is 10.2. The van der Waals surface area contributed by atoms with Crippen LogP contribution in [0, 0.1) is 6.92 Å². The lowest BCUT2D eigenvalue weighted by Gasteiger charge is -2.32. The number of anilines is 2. The Kier molecular flexibility index (Phi) is 5.18. The number of aryl methyl sites for hydroxylation is 1. The Morgan fingerprint density at radius 2 is 1.30 bits per heavy atom. The van der Waals surface area contributed by atoms with E-state index in [9.17, 15) is 0 Å². The molecule has 0 aromatic carbocycles. The Morgan fingerprint density at radius 3 is 1.85 bits per heavy atom. The van der Waals surface area contributed by atoms with Crippen LogP contribution in [0.2, 0.25) is 0 Å². The fourth-order valence-electron chi connectivity index (χ4n) is 3.52. The van der Waals surface area contributed by atoms with Crippen LogP contribution in [0.3, 0.4) is 0 Å². The number of hydrogen-bond donors (Lipinski definition) is 0. The zero-order chi connectivity index (χ0) is 18.8. The summed E-state index contributed by atoms with van der Waals surface area (Å²) in [7, 11) is 4.30. The summed E-state index contributed by atoms with van der Waals surface area (Å²) in [5.41, 5.74) is 2.83. The monoisotopic (exact) mass is 368 g/mol. The lowest BCUT2D eigenvalue weighted by Crippen LogP contribution is -2.45. The van der Waals surface area contributed by atoms with Gasteiger partial charge < -0.3 is 19.6 Å². The summed E-state index contributed by atoms with van der Waals surface area (Å²) in [6, 6.07) is 1.95. The van der Waals surface area contributed by atoms with Crippen LogP contribution in [0.15, 0.2) is 18.5 Å². The molecule has 0 N–H and O–H groups in total. The van der Waals surface area contributed by atoms with E-state index in [2.05, 4.69) is 43.7 Å². The van der Waals surface area contributed by atoms with Gasteiger partial charge in [0.05, 0.1) is 11.4 Å². The highest BCUT2D eigenvalue weighted by Gasteiger charge is 2.19. The maximum Gasteiger partial charge on any atom is 0.225 e. The number of piperazine rings is 2. The number of rotatable bonds is 3. The van der Waals surface area contributed by atoms with E-state index < -0.39 is 0 Å². The zero-order valence-corrected chi connectivity index (χ0v) is 16.5. The third-order valence-corrected chi connectivity index (χ3v) is 5.46. The maximum atomic E-state index is 4.80. The molecule has 0 spiro atoms. The Hall–Kier alpha value is -2.32. The molecule has 0 bridgehead atoms. The molecule has 8 nitrogen and oxygen atoms in total. The van der Waals surface area contributed by atoms with Gasteiger partial charge in [-0.1, -0.05) is 0 Å². The minimum absolute atomic E-state index is 0.795. The summed E-state index contributed by atoms with van der Waals surface area (Å²) in [5.74, 6) is 1.61. The molecule has 0 radical (unpaired) electrons. The molecule has 8 heteroatoms. The molecule has 27 heavy (non-hydrogen) atoms. The van der Waals surface area contributed by atoms with Crippen molar-refractivity contribution in [2.45, 2.75) is 6.92 Å². The van der Waals surface area contributed by atoms with Gasteiger partial charge in [-0.15, -0.1) is 0 Å². The highest BCUT2D eigenvalue weighted by atomic mass is 15.3. The molecule has 2 fully saturated rings. The van der Waals surface area contributed by atoms with Gasteiger partial charge >= 0.3 is 0 Å². The first kappa shape index (κ1) is 18.1. The van der Waals surface area contributed by atoms with E-state index in [1.807, 2.05) is 25.4 Å². The molecule has 0 amide bonds. The third-order valence-electron chi connectivity index (χ3n) is 5.46. The Morgan fingerprint density at radius 1 is 0.741 bits per heavy atom.